The maximum atomic E-state index is 12.8. The average Bonchev–Trinajstić information content (AvgIpc) is 2.78. The normalized spacial score (nSPS) is 14.6. The summed E-state index contributed by atoms with van der Waals surface area (Å²) in [6.45, 7) is 3.17. The van der Waals surface area contributed by atoms with Crippen molar-refractivity contribution in [1.82, 2.24) is 14.5 Å². The molecule has 31 heavy (non-hydrogen) atoms. The lowest BCUT2D eigenvalue weighted by Gasteiger charge is -2.36. The van der Waals surface area contributed by atoms with Gasteiger partial charge in [-0.25, -0.2) is 4.98 Å². The van der Waals surface area contributed by atoms with Gasteiger partial charge in [0.2, 0.25) is 0 Å². The topological polar surface area (TPSA) is 94.6 Å². The van der Waals surface area contributed by atoms with Gasteiger partial charge in [-0.3, -0.25) is 9.69 Å². The minimum absolute atomic E-state index is 0.0728. The number of hydrogen-bond acceptors (Lipinski definition) is 7. The summed E-state index contributed by atoms with van der Waals surface area (Å²) < 4.78 is 6.69. The molecule has 1 N–H and O–H groups in total. The number of ether oxygens (including phenoxy) is 1. The highest BCUT2D eigenvalue weighted by molar-refractivity contribution is 6.29. The number of aryl methyl sites for hydroxylation is 1. The first-order valence-corrected chi connectivity index (χ1v) is 10.2. The van der Waals surface area contributed by atoms with E-state index in [-0.39, 0.29) is 16.9 Å². The van der Waals surface area contributed by atoms with Crippen molar-refractivity contribution in [3.8, 4) is 17.6 Å². The zero-order chi connectivity index (χ0) is 22.1. The molecule has 0 aliphatic carbocycles. The predicted octanol–water partition coefficient (Wildman–Crippen LogP) is 2.49. The number of benzene rings is 1. The van der Waals surface area contributed by atoms with Crippen molar-refractivity contribution in [2.24, 2.45) is 7.05 Å². The van der Waals surface area contributed by atoms with Gasteiger partial charge in [0.1, 0.15) is 33.8 Å². The fourth-order valence-electron chi connectivity index (χ4n) is 3.96. The number of phenols is 1. The van der Waals surface area contributed by atoms with Gasteiger partial charge >= 0.3 is 0 Å². The third-order valence-electron chi connectivity index (χ3n) is 5.66. The largest absolute Gasteiger partial charge is 0.508 e. The van der Waals surface area contributed by atoms with Gasteiger partial charge in [-0.05, 0) is 30.3 Å². The number of nitrogens with zero attached hydrogens (tertiary/aromatic N) is 5. The lowest BCUT2D eigenvalue weighted by atomic mass is 10.1. The zero-order valence-corrected chi connectivity index (χ0v) is 18.1. The second-order valence-electron chi connectivity index (χ2n) is 7.46. The van der Waals surface area contributed by atoms with Crippen molar-refractivity contribution in [3.05, 3.63) is 57.0 Å². The van der Waals surface area contributed by atoms with Gasteiger partial charge in [-0.1, -0.05) is 11.6 Å². The summed E-state index contributed by atoms with van der Waals surface area (Å²) in [7, 11) is 3.22. The Bertz CT molecular complexity index is 1240. The van der Waals surface area contributed by atoms with Gasteiger partial charge in [0.05, 0.1) is 18.3 Å². The van der Waals surface area contributed by atoms with Crippen LogP contribution < -0.4 is 15.2 Å². The van der Waals surface area contributed by atoms with Crippen molar-refractivity contribution in [2.45, 2.75) is 6.54 Å². The van der Waals surface area contributed by atoms with Crippen molar-refractivity contribution in [1.29, 1.82) is 5.26 Å². The number of nitriles is 1. The summed E-state index contributed by atoms with van der Waals surface area (Å²) in [5.41, 5.74) is 2.23. The Balaban J connectivity index is 1.62. The molecule has 9 heteroatoms. The fraction of sp³-hybridized carbons (Fsp3) is 0.318. The predicted molar refractivity (Wildman–Crippen MR) is 119 cm³/mol. The van der Waals surface area contributed by atoms with Gasteiger partial charge in [-0.2, -0.15) is 5.26 Å². The molecule has 1 aromatic carbocycles. The van der Waals surface area contributed by atoms with Crippen LogP contribution in [0.25, 0.3) is 11.0 Å². The Morgan fingerprint density at radius 3 is 2.65 bits per heavy atom. The lowest BCUT2D eigenvalue weighted by molar-refractivity contribution is 0.246. The first kappa shape index (κ1) is 21.0. The van der Waals surface area contributed by atoms with E-state index in [2.05, 4.69) is 16.0 Å². The molecule has 0 saturated carbocycles. The molecule has 0 unspecified atom stereocenters. The van der Waals surface area contributed by atoms with E-state index in [1.165, 1.54) is 4.57 Å². The van der Waals surface area contributed by atoms with Gasteiger partial charge < -0.3 is 19.3 Å². The van der Waals surface area contributed by atoms with Crippen LogP contribution in [0.2, 0.25) is 5.15 Å². The summed E-state index contributed by atoms with van der Waals surface area (Å²) in [6, 6.07) is 10.6. The molecule has 1 aliphatic rings. The molecule has 1 aliphatic heterocycles. The molecule has 160 valence electrons. The summed E-state index contributed by atoms with van der Waals surface area (Å²) in [5.74, 6) is 0.922. The maximum absolute atomic E-state index is 12.8. The molecule has 3 heterocycles. The number of piperazine rings is 1. The van der Waals surface area contributed by atoms with Crippen LogP contribution in [0.15, 0.2) is 35.1 Å². The molecule has 1 fully saturated rings. The molecule has 0 atom stereocenters. The molecule has 3 aromatic rings. The average molecular weight is 440 g/mol. The number of hydrogen-bond donors (Lipinski definition) is 1. The van der Waals surface area contributed by atoms with Gasteiger partial charge in [0, 0.05) is 45.3 Å². The number of rotatable bonds is 4. The highest BCUT2D eigenvalue weighted by Gasteiger charge is 2.25. The summed E-state index contributed by atoms with van der Waals surface area (Å²) in [5, 5.41) is 20.2. The minimum Gasteiger partial charge on any atom is -0.508 e. The van der Waals surface area contributed by atoms with Crippen LogP contribution in [0.4, 0.5) is 5.69 Å². The molecule has 0 spiro atoms. The van der Waals surface area contributed by atoms with Crippen molar-refractivity contribution < 1.29 is 9.84 Å². The van der Waals surface area contributed by atoms with E-state index in [0.717, 1.165) is 5.56 Å². The number of halogens is 1. The first-order valence-electron chi connectivity index (χ1n) is 9.85. The Kier molecular flexibility index (Phi) is 5.72. The van der Waals surface area contributed by atoms with Crippen LogP contribution in [0, 0.1) is 11.3 Å². The molecular formula is C22H22ClN5O3. The first-order chi connectivity index (χ1) is 14.9. The molecule has 0 amide bonds. The number of aromatic hydroxyl groups is 1. The highest BCUT2D eigenvalue weighted by atomic mass is 35.5. The second-order valence-corrected chi connectivity index (χ2v) is 7.85. The highest BCUT2D eigenvalue weighted by Crippen LogP contribution is 2.30. The molecule has 0 bridgehead atoms. The third-order valence-corrected chi connectivity index (χ3v) is 5.87. The number of phenolic OH excluding ortho intramolecular Hbond substituents is 1. The molecule has 8 nitrogen and oxygen atoms in total. The third kappa shape index (κ3) is 3.90. The van der Waals surface area contributed by atoms with Crippen LogP contribution in [0.1, 0.15) is 11.1 Å². The number of anilines is 1. The number of methoxy groups -OCH3 is 1. The molecule has 1 saturated heterocycles. The van der Waals surface area contributed by atoms with Crippen LogP contribution in [-0.4, -0.2) is 52.8 Å². The van der Waals surface area contributed by atoms with Crippen LogP contribution in [0.5, 0.6) is 11.5 Å². The number of fused-ring (bicyclic) bond motifs is 1. The second kappa shape index (κ2) is 8.46. The van der Waals surface area contributed by atoms with E-state index in [9.17, 15) is 15.2 Å². The SMILES string of the molecule is COc1ccc(O)c(CN2CCN(c3c(C#N)c(=O)n(C)c4ccc(Cl)nc34)CC2)c1. The Hall–Kier alpha value is -3.28. The van der Waals surface area contributed by atoms with Crippen LogP contribution in [0.3, 0.4) is 0 Å². The van der Waals surface area contributed by atoms with Crippen LogP contribution >= 0.6 is 11.6 Å². The van der Waals surface area contributed by atoms with E-state index in [1.54, 1.807) is 38.4 Å². The van der Waals surface area contributed by atoms with Crippen molar-refractivity contribution >= 4 is 28.3 Å². The zero-order valence-electron chi connectivity index (χ0n) is 17.3. The van der Waals surface area contributed by atoms with E-state index in [4.69, 9.17) is 16.3 Å². The summed E-state index contributed by atoms with van der Waals surface area (Å²) >= 11 is 6.13. The van der Waals surface area contributed by atoms with Crippen molar-refractivity contribution in [2.75, 3.05) is 38.2 Å². The van der Waals surface area contributed by atoms with E-state index >= 15 is 0 Å². The summed E-state index contributed by atoms with van der Waals surface area (Å²) in [4.78, 5) is 21.4. The number of aromatic nitrogens is 2. The molecule has 2 aromatic heterocycles. The van der Waals surface area contributed by atoms with Gasteiger partial charge in [0.25, 0.3) is 5.56 Å². The van der Waals surface area contributed by atoms with Crippen LogP contribution in [-0.2, 0) is 13.6 Å². The molecular weight excluding hydrogens is 418 g/mol. The van der Waals surface area contributed by atoms with Gasteiger partial charge in [0.15, 0.2) is 0 Å². The Morgan fingerprint density at radius 1 is 1.23 bits per heavy atom. The van der Waals surface area contributed by atoms with Crippen molar-refractivity contribution in [3.63, 3.8) is 0 Å². The maximum Gasteiger partial charge on any atom is 0.270 e. The Morgan fingerprint density at radius 2 is 1.97 bits per heavy atom. The molecule has 0 radical (unpaired) electrons. The van der Waals surface area contributed by atoms with E-state index in [0.29, 0.717) is 60.3 Å². The smallest absolute Gasteiger partial charge is 0.270 e. The Labute approximate surface area is 184 Å². The standard InChI is InChI=1S/C22H22ClN5O3/c1-26-17-4-6-19(23)25-20(17)21(16(12-24)22(26)30)28-9-7-27(8-10-28)13-14-11-15(31-2)3-5-18(14)29/h3-6,11,29H,7-10,13H2,1-2H3. The lowest BCUT2D eigenvalue weighted by Crippen LogP contribution is -2.47. The van der Waals surface area contributed by atoms with Gasteiger partial charge in [-0.15, -0.1) is 0 Å². The molecule has 4 rings (SSSR count). The number of pyridine rings is 2. The fourth-order valence-corrected chi connectivity index (χ4v) is 4.11. The van der Waals surface area contributed by atoms with E-state index < -0.39 is 0 Å². The monoisotopic (exact) mass is 439 g/mol. The minimum atomic E-state index is -0.349. The quantitative estimate of drug-likeness (QED) is 0.624. The summed E-state index contributed by atoms with van der Waals surface area (Å²) in [6.07, 6.45) is 0. The van der Waals surface area contributed by atoms with E-state index in [1.807, 2.05) is 11.0 Å².